The van der Waals surface area contributed by atoms with Gasteiger partial charge in [0.25, 0.3) is 0 Å². The van der Waals surface area contributed by atoms with Crippen molar-refractivity contribution < 1.29 is 19.4 Å². The molecule has 5 nitrogen and oxygen atoms in total. The van der Waals surface area contributed by atoms with E-state index in [2.05, 4.69) is 6.58 Å². The van der Waals surface area contributed by atoms with Crippen molar-refractivity contribution in [3.8, 4) is 0 Å². The van der Waals surface area contributed by atoms with Crippen LogP contribution in [0.25, 0.3) is 0 Å². The van der Waals surface area contributed by atoms with Gasteiger partial charge >= 0.3 is 11.9 Å². The molecule has 16 heavy (non-hydrogen) atoms. The van der Waals surface area contributed by atoms with E-state index in [0.29, 0.717) is 0 Å². The first-order chi connectivity index (χ1) is 7.25. The smallest absolute Gasteiger partial charge is 0.349 e. The average molecular weight is 229 g/mol. The number of hydrogen-bond acceptors (Lipinski definition) is 4. The Balaban J connectivity index is 4.98. The molecule has 0 aliphatic carbocycles. The van der Waals surface area contributed by atoms with Crippen molar-refractivity contribution in [3.05, 3.63) is 12.2 Å². The Hall–Kier alpha value is -1.36. The molecule has 5 heteroatoms. The van der Waals surface area contributed by atoms with Crippen LogP contribution in [0, 0.1) is 0 Å². The molecule has 0 radical (unpaired) electrons. The normalized spacial score (nSPS) is 14.3. The van der Waals surface area contributed by atoms with Crippen LogP contribution in [0.4, 0.5) is 0 Å². The number of nitrogens with zero attached hydrogens (tertiary/aromatic N) is 1. The van der Waals surface area contributed by atoms with Crippen LogP contribution >= 0.6 is 0 Å². The zero-order valence-corrected chi connectivity index (χ0v) is 10.2. The van der Waals surface area contributed by atoms with Gasteiger partial charge in [-0.2, -0.15) is 0 Å². The van der Waals surface area contributed by atoms with Crippen LogP contribution in [-0.2, 0) is 14.3 Å². The molecule has 0 saturated carbocycles. The summed E-state index contributed by atoms with van der Waals surface area (Å²) in [5.74, 6) is -1.82. The van der Waals surface area contributed by atoms with Crippen LogP contribution in [0.15, 0.2) is 12.2 Å². The molecule has 0 bridgehead atoms. The van der Waals surface area contributed by atoms with Crippen LogP contribution < -0.4 is 0 Å². The summed E-state index contributed by atoms with van der Waals surface area (Å²) >= 11 is 0. The Morgan fingerprint density at radius 2 is 1.94 bits per heavy atom. The van der Waals surface area contributed by atoms with Gasteiger partial charge in [-0.1, -0.05) is 13.5 Å². The molecule has 92 valence electrons. The van der Waals surface area contributed by atoms with Crippen molar-refractivity contribution in [2.75, 3.05) is 20.6 Å². The molecule has 1 unspecified atom stereocenters. The lowest BCUT2D eigenvalue weighted by molar-refractivity contribution is -0.178. The van der Waals surface area contributed by atoms with Gasteiger partial charge < -0.3 is 14.7 Å². The zero-order chi connectivity index (χ0) is 12.9. The lowest BCUT2D eigenvalue weighted by Crippen LogP contribution is -2.50. The molecule has 0 aromatic carbocycles. The topological polar surface area (TPSA) is 66.8 Å². The molecule has 0 spiro atoms. The van der Waals surface area contributed by atoms with E-state index in [1.165, 1.54) is 6.92 Å². The fraction of sp³-hybridized carbons (Fsp3) is 0.636. The van der Waals surface area contributed by atoms with E-state index in [-0.39, 0.29) is 18.5 Å². The molecule has 1 atom stereocenters. The van der Waals surface area contributed by atoms with Gasteiger partial charge in [0.15, 0.2) is 0 Å². The molecule has 0 aromatic heterocycles. The number of carbonyl (C=O) groups is 2. The van der Waals surface area contributed by atoms with Gasteiger partial charge in [-0.15, -0.1) is 0 Å². The number of carbonyl (C=O) groups excluding carboxylic acids is 1. The lowest BCUT2D eigenvalue weighted by atomic mass is 10.00. The van der Waals surface area contributed by atoms with Gasteiger partial charge in [-0.25, -0.2) is 9.59 Å². The van der Waals surface area contributed by atoms with Gasteiger partial charge in [0.05, 0.1) is 0 Å². The molecular weight excluding hydrogens is 210 g/mol. The maximum Gasteiger partial charge on any atom is 0.349 e. The predicted molar refractivity (Wildman–Crippen MR) is 60.1 cm³/mol. The van der Waals surface area contributed by atoms with Gasteiger partial charge in [0.1, 0.15) is 0 Å². The number of carboxylic acid groups (broad SMARTS) is 1. The zero-order valence-electron chi connectivity index (χ0n) is 10.2. The fourth-order valence-corrected chi connectivity index (χ4v) is 1.25. The third-order valence-corrected chi connectivity index (χ3v) is 2.17. The average Bonchev–Trinajstić information content (AvgIpc) is 2.15. The molecular formula is C11H19NO4. The molecule has 0 aromatic rings. The van der Waals surface area contributed by atoms with Crippen LogP contribution in [0.3, 0.4) is 0 Å². The van der Waals surface area contributed by atoms with Crippen LogP contribution in [-0.4, -0.2) is 48.2 Å². The highest BCUT2D eigenvalue weighted by Gasteiger charge is 2.41. The Morgan fingerprint density at radius 3 is 2.19 bits per heavy atom. The second-order valence-corrected chi connectivity index (χ2v) is 4.06. The first-order valence-electron chi connectivity index (χ1n) is 5.02. The Kier molecular flexibility index (Phi) is 5.17. The molecule has 0 aliphatic heterocycles. The Morgan fingerprint density at radius 1 is 1.44 bits per heavy atom. The summed E-state index contributed by atoms with van der Waals surface area (Å²) in [4.78, 5) is 24.3. The number of aliphatic carboxylic acids is 1. The summed E-state index contributed by atoms with van der Waals surface area (Å²) in [6, 6.07) is 0. The van der Waals surface area contributed by atoms with E-state index in [1.807, 2.05) is 0 Å². The molecule has 0 amide bonds. The van der Waals surface area contributed by atoms with E-state index in [4.69, 9.17) is 9.84 Å². The summed E-state index contributed by atoms with van der Waals surface area (Å²) in [6.07, 6.45) is 0.208. The Bertz CT molecular complexity index is 298. The van der Waals surface area contributed by atoms with Crippen molar-refractivity contribution in [3.63, 3.8) is 0 Å². The van der Waals surface area contributed by atoms with Gasteiger partial charge in [-0.05, 0) is 27.4 Å². The number of hydrogen-bond donors (Lipinski definition) is 1. The maximum absolute atomic E-state index is 11.4. The predicted octanol–water partition coefficient (Wildman–Crippen LogP) is 0.901. The summed E-state index contributed by atoms with van der Waals surface area (Å²) in [6.45, 7) is 6.72. The molecule has 1 N–H and O–H groups in total. The maximum atomic E-state index is 11.4. The van der Waals surface area contributed by atoms with Crippen LogP contribution in [0.5, 0.6) is 0 Å². The fourth-order valence-electron chi connectivity index (χ4n) is 1.25. The third-order valence-electron chi connectivity index (χ3n) is 2.17. The van der Waals surface area contributed by atoms with E-state index in [1.54, 1.807) is 25.9 Å². The molecule has 0 heterocycles. The van der Waals surface area contributed by atoms with Crippen molar-refractivity contribution in [1.29, 1.82) is 0 Å². The standard InChI is InChI=1S/C11H19NO4/c1-6-11(10(14)15,7-12(4)5)16-9(13)8(2)3/h2,6-7H2,1,3-5H3,(H,14,15). The largest absolute Gasteiger partial charge is 0.478 e. The second-order valence-electron chi connectivity index (χ2n) is 4.06. The second kappa shape index (κ2) is 5.65. The molecule has 0 aliphatic rings. The number of rotatable bonds is 6. The highest BCUT2D eigenvalue weighted by molar-refractivity contribution is 5.90. The van der Waals surface area contributed by atoms with Gasteiger partial charge in [0, 0.05) is 12.1 Å². The van der Waals surface area contributed by atoms with Crippen LogP contribution in [0.2, 0.25) is 0 Å². The molecule has 0 rings (SSSR count). The number of carboxylic acids is 1. The van der Waals surface area contributed by atoms with Crippen LogP contribution in [0.1, 0.15) is 20.3 Å². The minimum absolute atomic E-state index is 0.137. The minimum atomic E-state index is -1.50. The summed E-state index contributed by atoms with van der Waals surface area (Å²) in [5, 5.41) is 9.17. The van der Waals surface area contributed by atoms with Crippen molar-refractivity contribution >= 4 is 11.9 Å². The summed E-state index contributed by atoms with van der Waals surface area (Å²) < 4.78 is 5.04. The summed E-state index contributed by atoms with van der Waals surface area (Å²) in [7, 11) is 3.45. The van der Waals surface area contributed by atoms with E-state index in [9.17, 15) is 9.59 Å². The SMILES string of the molecule is C=C(C)C(=O)OC(CC)(CN(C)C)C(=O)O. The number of ether oxygens (including phenoxy) is 1. The van der Waals surface area contributed by atoms with E-state index >= 15 is 0 Å². The van der Waals surface area contributed by atoms with E-state index < -0.39 is 17.5 Å². The first-order valence-corrected chi connectivity index (χ1v) is 5.02. The Labute approximate surface area is 95.7 Å². The molecule has 0 fully saturated rings. The first kappa shape index (κ1) is 14.6. The van der Waals surface area contributed by atoms with Gasteiger partial charge in [0.2, 0.25) is 5.60 Å². The van der Waals surface area contributed by atoms with Gasteiger partial charge in [-0.3, -0.25) is 0 Å². The van der Waals surface area contributed by atoms with E-state index in [0.717, 1.165) is 0 Å². The van der Waals surface area contributed by atoms with Crippen molar-refractivity contribution in [2.24, 2.45) is 0 Å². The highest BCUT2D eigenvalue weighted by Crippen LogP contribution is 2.19. The summed E-state index contributed by atoms with van der Waals surface area (Å²) in [5.41, 5.74) is -1.31. The minimum Gasteiger partial charge on any atom is -0.478 e. The quantitative estimate of drug-likeness (QED) is 0.541. The lowest BCUT2D eigenvalue weighted by Gasteiger charge is -2.30. The number of esters is 1. The highest BCUT2D eigenvalue weighted by atomic mass is 16.6. The number of likely N-dealkylation sites (N-methyl/N-ethyl adjacent to an activating group) is 1. The third kappa shape index (κ3) is 3.66. The molecule has 0 saturated heterocycles. The van der Waals surface area contributed by atoms with Crippen molar-refractivity contribution in [1.82, 2.24) is 4.90 Å². The monoisotopic (exact) mass is 229 g/mol. The van der Waals surface area contributed by atoms with Crippen molar-refractivity contribution in [2.45, 2.75) is 25.9 Å².